The first-order chi connectivity index (χ1) is 11.8. The molecule has 1 aromatic rings. The first-order valence-electron chi connectivity index (χ1n) is 10.3. The van der Waals surface area contributed by atoms with Crippen molar-refractivity contribution in [2.75, 3.05) is 32.7 Å². The van der Waals surface area contributed by atoms with Crippen LogP contribution >= 0.6 is 0 Å². The van der Waals surface area contributed by atoms with Crippen LogP contribution in [-0.2, 0) is 0 Å². The molecule has 4 fully saturated rings. The average molecular weight is 325 g/mol. The van der Waals surface area contributed by atoms with Gasteiger partial charge in [0.1, 0.15) is 0 Å². The topological polar surface area (TPSA) is 6.48 Å². The fourth-order valence-corrected chi connectivity index (χ4v) is 5.33. The van der Waals surface area contributed by atoms with Gasteiger partial charge in [0, 0.05) is 25.7 Å². The van der Waals surface area contributed by atoms with Crippen molar-refractivity contribution in [3.05, 3.63) is 35.9 Å². The van der Waals surface area contributed by atoms with Crippen LogP contribution in [0.25, 0.3) is 0 Å². The number of hydrogen-bond acceptors (Lipinski definition) is 2. The Kier molecular flexibility index (Phi) is 3.94. The number of benzene rings is 1. The molecule has 0 bridgehead atoms. The van der Waals surface area contributed by atoms with Gasteiger partial charge < -0.3 is 4.90 Å². The SMILES string of the molecule is c1ccc(C2CN(C3CC3)CC3(CCN(CC4CC4)CC3)C2)cc1. The molecule has 5 rings (SSSR count). The highest BCUT2D eigenvalue weighted by Gasteiger charge is 2.45. The van der Waals surface area contributed by atoms with Crippen LogP contribution in [0.15, 0.2) is 30.3 Å². The molecule has 2 aliphatic carbocycles. The normalized spacial score (nSPS) is 31.4. The van der Waals surface area contributed by atoms with Gasteiger partial charge >= 0.3 is 0 Å². The van der Waals surface area contributed by atoms with Crippen molar-refractivity contribution >= 4 is 0 Å². The van der Waals surface area contributed by atoms with Gasteiger partial charge in [-0.15, -0.1) is 0 Å². The minimum absolute atomic E-state index is 0.599. The van der Waals surface area contributed by atoms with Gasteiger partial charge in [0.2, 0.25) is 0 Å². The summed E-state index contributed by atoms with van der Waals surface area (Å²) in [6, 6.07) is 12.3. The Morgan fingerprint density at radius 2 is 1.71 bits per heavy atom. The average Bonchev–Trinajstić information content (AvgIpc) is 3.52. The summed E-state index contributed by atoms with van der Waals surface area (Å²) in [5.41, 5.74) is 2.18. The van der Waals surface area contributed by atoms with E-state index in [2.05, 4.69) is 40.1 Å². The summed E-state index contributed by atoms with van der Waals surface area (Å²) < 4.78 is 0. The van der Waals surface area contributed by atoms with E-state index in [0.29, 0.717) is 5.41 Å². The molecule has 2 heterocycles. The van der Waals surface area contributed by atoms with Crippen LogP contribution in [-0.4, -0.2) is 48.6 Å². The van der Waals surface area contributed by atoms with E-state index in [4.69, 9.17) is 0 Å². The van der Waals surface area contributed by atoms with Crippen LogP contribution in [0.1, 0.15) is 56.4 Å². The Bertz CT molecular complexity index is 553. The molecule has 1 atom stereocenters. The summed E-state index contributed by atoms with van der Waals surface area (Å²) in [4.78, 5) is 5.65. The van der Waals surface area contributed by atoms with Crippen molar-refractivity contribution in [1.29, 1.82) is 0 Å². The minimum Gasteiger partial charge on any atom is -0.303 e. The van der Waals surface area contributed by atoms with Gasteiger partial charge in [-0.3, -0.25) is 4.90 Å². The summed E-state index contributed by atoms with van der Waals surface area (Å²) in [7, 11) is 0. The van der Waals surface area contributed by atoms with E-state index >= 15 is 0 Å². The zero-order valence-corrected chi connectivity index (χ0v) is 15.0. The lowest BCUT2D eigenvalue weighted by atomic mass is 9.68. The molecule has 0 aromatic heterocycles. The van der Waals surface area contributed by atoms with Gasteiger partial charge in [-0.1, -0.05) is 30.3 Å². The van der Waals surface area contributed by atoms with Crippen LogP contribution in [0.2, 0.25) is 0 Å². The number of nitrogens with zero attached hydrogens (tertiary/aromatic N) is 2. The Morgan fingerprint density at radius 1 is 0.958 bits per heavy atom. The van der Waals surface area contributed by atoms with Gasteiger partial charge in [0.25, 0.3) is 0 Å². The molecule has 2 saturated carbocycles. The predicted molar refractivity (Wildman–Crippen MR) is 99.2 cm³/mol. The second-order valence-corrected chi connectivity index (χ2v) is 9.22. The third-order valence-corrected chi connectivity index (χ3v) is 7.14. The van der Waals surface area contributed by atoms with E-state index in [1.165, 1.54) is 77.7 Å². The maximum atomic E-state index is 2.87. The summed E-state index contributed by atoms with van der Waals surface area (Å²) in [5, 5.41) is 0. The molecule has 1 unspecified atom stereocenters. The third kappa shape index (κ3) is 3.28. The molecule has 4 aliphatic rings. The molecule has 0 N–H and O–H groups in total. The van der Waals surface area contributed by atoms with Crippen molar-refractivity contribution in [3.63, 3.8) is 0 Å². The lowest BCUT2D eigenvalue weighted by Gasteiger charge is -2.50. The fraction of sp³-hybridized carbons (Fsp3) is 0.727. The second kappa shape index (κ2) is 6.14. The molecule has 2 nitrogen and oxygen atoms in total. The highest BCUT2D eigenvalue weighted by atomic mass is 15.2. The summed E-state index contributed by atoms with van der Waals surface area (Å²) in [6.07, 6.45) is 10.2. The van der Waals surface area contributed by atoms with E-state index in [0.717, 1.165) is 17.9 Å². The third-order valence-electron chi connectivity index (χ3n) is 7.14. The van der Waals surface area contributed by atoms with E-state index in [1.807, 2.05) is 0 Å². The summed E-state index contributed by atoms with van der Waals surface area (Å²) in [5.74, 6) is 1.81. The maximum Gasteiger partial charge on any atom is 0.00968 e. The van der Waals surface area contributed by atoms with E-state index in [1.54, 1.807) is 5.56 Å². The maximum absolute atomic E-state index is 2.87. The van der Waals surface area contributed by atoms with Gasteiger partial charge in [0.15, 0.2) is 0 Å². The van der Waals surface area contributed by atoms with E-state index in [9.17, 15) is 0 Å². The smallest absolute Gasteiger partial charge is 0.00968 e. The predicted octanol–water partition coefficient (Wildman–Crippen LogP) is 4.13. The fourth-order valence-electron chi connectivity index (χ4n) is 5.33. The molecule has 0 radical (unpaired) electrons. The Labute approximate surface area is 147 Å². The molecular weight excluding hydrogens is 292 g/mol. The van der Waals surface area contributed by atoms with Crippen LogP contribution < -0.4 is 0 Å². The van der Waals surface area contributed by atoms with Crippen LogP contribution in [0, 0.1) is 11.3 Å². The van der Waals surface area contributed by atoms with Crippen LogP contribution in [0.5, 0.6) is 0 Å². The molecule has 2 aliphatic heterocycles. The Morgan fingerprint density at radius 3 is 2.38 bits per heavy atom. The van der Waals surface area contributed by atoms with Gasteiger partial charge in [-0.2, -0.15) is 0 Å². The molecule has 2 saturated heterocycles. The largest absolute Gasteiger partial charge is 0.303 e. The zero-order chi connectivity index (χ0) is 16.0. The first-order valence-corrected chi connectivity index (χ1v) is 10.3. The molecule has 1 spiro atoms. The van der Waals surface area contributed by atoms with Crippen molar-refractivity contribution < 1.29 is 0 Å². The molecule has 2 heteroatoms. The highest BCUT2D eigenvalue weighted by Crippen LogP contribution is 2.48. The lowest BCUT2D eigenvalue weighted by molar-refractivity contribution is 0.00927. The van der Waals surface area contributed by atoms with Crippen LogP contribution in [0.4, 0.5) is 0 Å². The number of hydrogen-bond donors (Lipinski definition) is 0. The van der Waals surface area contributed by atoms with Crippen molar-refractivity contribution in [3.8, 4) is 0 Å². The van der Waals surface area contributed by atoms with Gasteiger partial charge in [0.05, 0.1) is 0 Å². The number of rotatable bonds is 4. The summed E-state index contributed by atoms with van der Waals surface area (Å²) in [6.45, 7) is 6.80. The molecule has 24 heavy (non-hydrogen) atoms. The molecular formula is C22H32N2. The zero-order valence-electron chi connectivity index (χ0n) is 15.0. The monoisotopic (exact) mass is 324 g/mol. The number of piperidine rings is 2. The van der Waals surface area contributed by atoms with Crippen molar-refractivity contribution in [2.24, 2.45) is 11.3 Å². The highest BCUT2D eigenvalue weighted by molar-refractivity contribution is 5.22. The lowest BCUT2D eigenvalue weighted by Crippen LogP contribution is -2.52. The standard InChI is InChI=1S/C22H32N2/c1-2-4-19(5-3-1)20-14-22(17-24(16-20)21-8-9-21)10-12-23(13-11-22)15-18-6-7-18/h1-5,18,20-21H,6-17H2. The summed E-state index contributed by atoms with van der Waals surface area (Å²) >= 11 is 0. The Hall–Kier alpha value is -0.860. The van der Waals surface area contributed by atoms with Crippen LogP contribution in [0.3, 0.4) is 0 Å². The van der Waals surface area contributed by atoms with Crippen molar-refractivity contribution in [2.45, 2.75) is 56.9 Å². The number of likely N-dealkylation sites (tertiary alicyclic amines) is 2. The van der Waals surface area contributed by atoms with Gasteiger partial charge in [-0.05, 0) is 80.8 Å². The minimum atomic E-state index is 0.599. The molecule has 0 amide bonds. The second-order valence-electron chi connectivity index (χ2n) is 9.22. The van der Waals surface area contributed by atoms with E-state index in [-0.39, 0.29) is 0 Å². The molecule has 130 valence electrons. The Balaban J connectivity index is 1.31. The molecule has 1 aromatic carbocycles. The van der Waals surface area contributed by atoms with Crippen molar-refractivity contribution in [1.82, 2.24) is 9.80 Å². The first kappa shape index (κ1) is 15.4. The quantitative estimate of drug-likeness (QED) is 0.821. The van der Waals surface area contributed by atoms with E-state index < -0.39 is 0 Å². The van der Waals surface area contributed by atoms with Gasteiger partial charge in [-0.25, -0.2) is 0 Å².